The molecule has 2 aromatic heterocycles. The molecule has 0 saturated heterocycles. The van der Waals surface area contributed by atoms with Crippen molar-refractivity contribution in [3.8, 4) is 11.5 Å². The molecule has 5 nitrogen and oxygen atoms in total. The fourth-order valence-corrected chi connectivity index (χ4v) is 2.81. The van der Waals surface area contributed by atoms with E-state index in [0.717, 1.165) is 24.1 Å². The lowest BCUT2D eigenvalue weighted by Gasteiger charge is -2.21. The predicted molar refractivity (Wildman–Crippen MR) is 71.5 cm³/mol. The van der Waals surface area contributed by atoms with Crippen LogP contribution in [0.1, 0.15) is 37.1 Å². The molecular weight excluding hydrogens is 240 g/mol. The Kier molecular flexibility index (Phi) is 3.06. The summed E-state index contributed by atoms with van der Waals surface area (Å²) >= 11 is 0. The van der Waals surface area contributed by atoms with Crippen molar-refractivity contribution in [2.45, 2.75) is 38.0 Å². The number of hydrogen-bond acceptors (Lipinski definition) is 5. The lowest BCUT2D eigenvalue weighted by molar-refractivity contribution is 0.284. The van der Waals surface area contributed by atoms with Crippen LogP contribution in [0.2, 0.25) is 0 Å². The SMILES string of the molecule is Cc1cccnc1-c1noc(C2(CN)CCCC2)n1. The van der Waals surface area contributed by atoms with Gasteiger partial charge in [-0.25, -0.2) is 0 Å². The molecule has 0 unspecified atom stereocenters. The van der Waals surface area contributed by atoms with Crippen LogP contribution in [-0.2, 0) is 5.41 Å². The summed E-state index contributed by atoms with van der Waals surface area (Å²) in [6.45, 7) is 2.56. The first kappa shape index (κ1) is 12.3. The highest BCUT2D eigenvalue weighted by molar-refractivity contribution is 5.53. The first-order chi connectivity index (χ1) is 9.25. The van der Waals surface area contributed by atoms with Gasteiger partial charge in [0.05, 0.1) is 5.41 Å². The molecule has 1 aliphatic carbocycles. The van der Waals surface area contributed by atoms with Crippen LogP contribution in [0, 0.1) is 6.92 Å². The summed E-state index contributed by atoms with van der Waals surface area (Å²) in [6.07, 6.45) is 6.17. The molecule has 19 heavy (non-hydrogen) atoms. The maximum absolute atomic E-state index is 5.94. The maximum Gasteiger partial charge on any atom is 0.234 e. The molecule has 0 radical (unpaired) electrons. The Morgan fingerprint density at radius 3 is 2.84 bits per heavy atom. The van der Waals surface area contributed by atoms with Crippen LogP contribution in [0.15, 0.2) is 22.9 Å². The Hall–Kier alpha value is -1.75. The lowest BCUT2D eigenvalue weighted by atomic mass is 9.86. The Labute approximate surface area is 112 Å². The molecule has 0 bridgehead atoms. The fraction of sp³-hybridized carbons (Fsp3) is 0.500. The quantitative estimate of drug-likeness (QED) is 0.913. The largest absolute Gasteiger partial charge is 0.338 e. The zero-order valence-electron chi connectivity index (χ0n) is 11.1. The molecule has 0 amide bonds. The molecule has 1 fully saturated rings. The van der Waals surface area contributed by atoms with Crippen LogP contribution in [0.3, 0.4) is 0 Å². The van der Waals surface area contributed by atoms with E-state index in [0.29, 0.717) is 18.3 Å². The monoisotopic (exact) mass is 258 g/mol. The molecule has 3 rings (SSSR count). The topological polar surface area (TPSA) is 77.8 Å². The molecule has 0 atom stereocenters. The van der Waals surface area contributed by atoms with Gasteiger partial charge in [0.2, 0.25) is 11.7 Å². The van der Waals surface area contributed by atoms with Crippen LogP contribution in [0.25, 0.3) is 11.5 Å². The number of pyridine rings is 1. The van der Waals surface area contributed by atoms with Gasteiger partial charge in [0, 0.05) is 12.7 Å². The first-order valence-electron chi connectivity index (χ1n) is 6.71. The normalized spacial score (nSPS) is 17.8. The van der Waals surface area contributed by atoms with Gasteiger partial charge in [-0.3, -0.25) is 4.98 Å². The maximum atomic E-state index is 5.94. The summed E-state index contributed by atoms with van der Waals surface area (Å²) in [4.78, 5) is 8.87. The van der Waals surface area contributed by atoms with Crippen molar-refractivity contribution in [3.63, 3.8) is 0 Å². The smallest absolute Gasteiger partial charge is 0.234 e. The van der Waals surface area contributed by atoms with E-state index < -0.39 is 0 Å². The average molecular weight is 258 g/mol. The standard InChI is InChI=1S/C14H18N4O/c1-10-5-4-8-16-11(10)12-17-13(19-18-12)14(9-15)6-2-3-7-14/h4-5,8H,2-3,6-7,9,15H2,1H3. The minimum atomic E-state index is -0.117. The molecule has 2 aromatic rings. The van der Waals surface area contributed by atoms with Crippen LogP contribution < -0.4 is 5.73 Å². The number of nitrogens with zero attached hydrogens (tertiary/aromatic N) is 3. The third-order valence-corrected chi connectivity index (χ3v) is 4.05. The Morgan fingerprint density at radius 1 is 1.37 bits per heavy atom. The van der Waals surface area contributed by atoms with E-state index >= 15 is 0 Å². The minimum absolute atomic E-state index is 0.117. The van der Waals surface area contributed by atoms with E-state index in [4.69, 9.17) is 10.3 Å². The van der Waals surface area contributed by atoms with Gasteiger partial charge in [0.1, 0.15) is 5.69 Å². The molecule has 100 valence electrons. The Morgan fingerprint density at radius 2 is 2.16 bits per heavy atom. The van der Waals surface area contributed by atoms with Gasteiger partial charge in [-0.15, -0.1) is 0 Å². The van der Waals surface area contributed by atoms with Crippen molar-refractivity contribution in [2.75, 3.05) is 6.54 Å². The second-order valence-corrected chi connectivity index (χ2v) is 5.28. The molecule has 0 spiro atoms. The molecule has 5 heteroatoms. The average Bonchev–Trinajstić information content (AvgIpc) is 3.09. The van der Waals surface area contributed by atoms with E-state index in [9.17, 15) is 0 Å². The summed E-state index contributed by atoms with van der Waals surface area (Å²) in [5.41, 5.74) is 7.64. The third-order valence-electron chi connectivity index (χ3n) is 4.05. The molecule has 0 aromatic carbocycles. The van der Waals surface area contributed by atoms with Crippen molar-refractivity contribution in [2.24, 2.45) is 5.73 Å². The van der Waals surface area contributed by atoms with Gasteiger partial charge in [-0.05, 0) is 31.4 Å². The van der Waals surface area contributed by atoms with Gasteiger partial charge < -0.3 is 10.3 Å². The Bertz CT molecular complexity index is 572. The molecule has 2 heterocycles. The summed E-state index contributed by atoms with van der Waals surface area (Å²) in [7, 11) is 0. The number of aromatic nitrogens is 3. The van der Waals surface area contributed by atoms with E-state index in [1.807, 2.05) is 19.1 Å². The van der Waals surface area contributed by atoms with Crippen molar-refractivity contribution in [3.05, 3.63) is 29.8 Å². The summed E-state index contributed by atoms with van der Waals surface area (Å²) in [5, 5.41) is 4.08. The second kappa shape index (κ2) is 4.74. The van der Waals surface area contributed by atoms with E-state index in [1.165, 1.54) is 12.8 Å². The van der Waals surface area contributed by atoms with Crippen molar-refractivity contribution in [1.82, 2.24) is 15.1 Å². The van der Waals surface area contributed by atoms with Crippen molar-refractivity contribution < 1.29 is 4.52 Å². The van der Waals surface area contributed by atoms with E-state index in [-0.39, 0.29) is 5.41 Å². The minimum Gasteiger partial charge on any atom is -0.338 e. The van der Waals surface area contributed by atoms with Gasteiger partial charge >= 0.3 is 0 Å². The summed E-state index contributed by atoms with van der Waals surface area (Å²) in [5.74, 6) is 1.24. The highest BCUT2D eigenvalue weighted by Crippen LogP contribution is 2.39. The molecule has 1 saturated carbocycles. The highest BCUT2D eigenvalue weighted by Gasteiger charge is 2.39. The number of hydrogen-bond donors (Lipinski definition) is 1. The van der Waals surface area contributed by atoms with Crippen molar-refractivity contribution >= 4 is 0 Å². The molecule has 2 N–H and O–H groups in total. The van der Waals surface area contributed by atoms with Gasteiger partial charge in [-0.2, -0.15) is 4.98 Å². The number of nitrogens with two attached hydrogens (primary N) is 1. The van der Waals surface area contributed by atoms with Crippen LogP contribution in [0.5, 0.6) is 0 Å². The van der Waals surface area contributed by atoms with E-state index in [1.54, 1.807) is 6.20 Å². The van der Waals surface area contributed by atoms with Crippen molar-refractivity contribution in [1.29, 1.82) is 0 Å². The summed E-state index contributed by atoms with van der Waals surface area (Å²) < 4.78 is 5.47. The first-order valence-corrected chi connectivity index (χ1v) is 6.71. The van der Waals surface area contributed by atoms with Crippen LogP contribution in [-0.4, -0.2) is 21.7 Å². The zero-order chi connectivity index (χ0) is 13.3. The third kappa shape index (κ3) is 2.04. The zero-order valence-corrected chi connectivity index (χ0v) is 11.1. The highest BCUT2D eigenvalue weighted by atomic mass is 16.5. The Balaban J connectivity index is 1.98. The summed E-state index contributed by atoms with van der Waals surface area (Å²) in [6, 6.07) is 3.89. The van der Waals surface area contributed by atoms with Crippen LogP contribution >= 0.6 is 0 Å². The fourth-order valence-electron chi connectivity index (χ4n) is 2.81. The number of rotatable bonds is 3. The molecule has 1 aliphatic rings. The molecule has 0 aliphatic heterocycles. The van der Waals surface area contributed by atoms with E-state index in [2.05, 4.69) is 15.1 Å². The molecular formula is C14H18N4O. The van der Waals surface area contributed by atoms with Gasteiger partial charge in [0.15, 0.2) is 0 Å². The number of aryl methyl sites for hydroxylation is 1. The van der Waals surface area contributed by atoms with Crippen LogP contribution in [0.4, 0.5) is 0 Å². The predicted octanol–water partition coefficient (Wildman–Crippen LogP) is 2.21. The second-order valence-electron chi connectivity index (χ2n) is 5.28. The van der Waals surface area contributed by atoms with Gasteiger partial charge in [-0.1, -0.05) is 24.1 Å². The lowest BCUT2D eigenvalue weighted by Crippen LogP contribution is -2.32. The van der Waals surface area contributed by atoms with Gasteiger partial charge in [0.25, 0.3) is 0 Å².